The summed E-state index contributed by atoms with van der Waals surface area (Å²) in [5.74, 6) is 3.20. The molecule has 5 aromatic carbocycles. The minimum Gasteiger partial charge on any atom is -0.237 e. The van der Waals surface area contributed by atoms with Crippen LogP contribution in [-0.2, 0) is 0 Å². The molecule has 0 fully saturated rings. The van der Waals surface area contributed by atoms with Crippen molar-refractivity contribution >= 4 is 0 Å². The molecule has 8 rings (SSSR count). The van der Waals surface area contributed by atoms with Crippen LogP contribution in [0.25, 0.3) is 79.2 Å². The second-order valence-electron chi connectivity index (χ2n) is 11.1. The van der Waals surface area contributed by atoms with Gasteiger partial charge in [-0.1, -0.05) is 109 Å². The molecule has 8 aromatic rings. The van der Waals surface area contributed by atoms with Crippen LogP contribution in [0.1, 0.15) is 0 Å². The Balaban J connectivity index is 1.28. The van der Waals surface area contributed by atoms with Crippen molar-refractivity contribution in [2.24, 2.45) is 0 Å². The third-order valence-electron chi connectivity index (χ3n) is 7.98. The molecule has 48 heavy (non-hydrogen) atoms. The zero-order valence-electron chi connectivity index (χ0n) is 25.7. The molecule has 0 saturated carbocycles. The topological polar surface area (TPSA) is 90.2 Å². The normalized spacial score (nSPS) is 10.9. The minimum atomic E-state index is 0.592. The highest BCUT2D eigenvalue weighted by Gasteiger charge is 2.15. The molecule has 0 spiro atoms. The van der Waals surface area contributed by atoms with Crippen molar-refractivity contribution in [1.82, 2.24) is 34.9 Å². The molecule has 0 aliphatic heterocycles. The fraction of sp³-hybridized carbons (Fsp3) is 0. The highest BCUT2D eigenvalue weighted by atomic mass is 15.0. The molecule has 0 aliphatic rings. The summed E-state index contributed by atoms with van der Waals surface area (Å²) < 4.78 is 0. The summed E-state index contributed by atoms with van der Waals surface area (Å²) in [4.78, 5) is 32.6. The van der Waals surface area contributed by atoms with Gasteiger partial charge >= 0.3 is 0 Å². The summed E-state index contributed by atoms with van der Waals surface area (Å²) in [6, 6.07) is 46.8. The molecule has 0 saturated heterocycles. The summed E-state index contributed by atoms with van der Waals surface area (Å²) in [6.07, 6.45) is 7.01. The molecule has 3 aromatic heterocycles. The molecule has 7 nitrogen and oxygen atoms in total. The minimum absolute atomic E-state index is 0.592. The maximum absolute atomic E-state index is 5.02. The van der Waals surface area contributed by atoms with Crippen molar-refractivity contribution in [3.63, 3.8) is 0 Å². The van der Waals surface area contributed by atoms with Crippen LogP contribution >= 0.6 is 0 Å². The maximum Gasteiger partial charge on any atom is 0.164 e. The van der Waals surface area contributed by atoms with Gasteiger partial charge in [0.2, 0.25) is 0 Å². The van der Waals surface area contributed by atoms with Gasteiger partial charge in [0.05, 0.1) is 0 Å². The number of aromatic nitrogens is 7. The first-order chi connectivity index (χ1) is 23.8. The summed E-state index contributed by atoms with van der Waals surface area (Å²) in [5, 5.41) is 0. The van der Waals surface area contributed by atoms with Crippen LogP contribution in [0, 0.1) is 0 Å². The van der Waals surface area contributed by atoms with Gasteiger partial charge in [0.25, 0.3) is 0 Å². The van der Waals surface area contributed by atoms with E-state index in [0.29, 0.717) is 29.1 Å². The third kappa shape index (κ3) is 6.08. The molecule has 3 heterocycles. The lowest BCUT2D eigenvalue weighted by Crippen LogP contribution is -2.00. The van der Waals surface area contributed by atoms with Crippen LogP contribution in [0.2, 0.25) is 0 Å². The van der Waals surface area contributed by atoms with Crippen molar-refractivity contribution in [1.29, 1.82) is 0 Å². The van der Waals surface area contributed by atoms with Crippen LogP contribution in [0.15, 0.2) is 164 Å². The average molecular weight is 618 g/mol. The molecule has 0 atom stereocenters. The Kier molecular flexibility index (Phi) is 7.74. The zero-order valence-corrected chi connectivity index (χ0v) is 25.7. The Labute approximate surface area is 277 Å². The van der Waals surface area contributed by atoms with Gasteiger partial charge in [-0.15, -0.1) is 0 Å². The monoisotopic (exact) mass is 617 g/mol. The Morgan fingerprint density at radius 3 is 0.938 bits per heavy atom. The number of hydrogen-bond acceptors (Lipinski definition) is 7. The van der Waals surface area contributed by atoms with Gasteiger partial charge in [-0.3, -0.25) is 0 Å². The molecule has 0 unspecified atom stereocenters. The Morgan fingerprint density at radius 2 is 0.542 bits per heavy atom. The average Bonchev–Trinajstić information content (AvgIpc) is 3.19. The van der Waals surface area contributed by atoms with Gasteiger partial charge in [0.15, 0.2) is 29.1 Å². The molecule has 0 aliphatic carbocycles. The van der Waals surface area contributed by atoms with E-state index in [-0.39, 0.29) is 0 Å². The SMILES string of the molecule is c1ccc(-c2nc(-c3ccccc3)nc(-c3cc(-c4ccc(-c5ncccn5)cc4)cc(-c4ccc(-c5ncccn5)cc4)c3)n2)cc1. The fourth-order valence-electron chi connectivity index (χ4n) is 5.55. The van der Waals surface area contributed by atoms with E-state index in [1.807, 2.05) is 72.8 Å². The number of nitrogens with zero attached hydrogens (tertiary/aromatic N) is 7. The molecule has 0 radical (unpaired) electrons. The van der Waals surface area contributed by atoms with E-state index < -0.39 is 0 Å². The molecular weight excluding hydrogens is 591 g/mol. The van der Waals surface area contributed by atoms with Crippen molar-refractivity contribution in [3.8, 4) is 79.2 Å². The van der Waals surface area contributed by atoms with Crippen LogP contribution in [-0.4, -0.2) is 34.9 Å². The zero-order chi connectivity index (χ0) is 32.1. The summed E-state index contributed by atoms with van der Waals surface area (Å²) in [7, 11) is 0. The van der Waals surface area contributed by atoms with Gasteiger partial charge in [0, 0.05) is 52.6 Å². The Bertz CT molecular complexity index is 2140. The summed E-state index contributed by atoms with van der Waals surface area (Å²) in [5.41, 5.74) is 8.78. The first-order valence-electron chi connectivity index (χ1n) is 15.5. The largest absolute Gasteiger partial charge is 0.237 e. The van der Waals surface area contributed by atoms with Gasteiger partial charge in [-0.2, -0.15) is 0 Å². The van der Waals surface area contributed by atoms with E-state index in [9.17, 15) is 0 Å². The molecule has 7 heteroatoms. The first-order valence-corrected chi connectivity index (χ1v) is 15.5. The molecule has 226 valence electrons. The van der Waals surface area contributed by atoms with Crippen molar-refractivity contribution in [2.75, 3.05) is 0 Å². The predicted molar refractivity (Wildman–Crippen MR) is 189 cm³/mol. The third-order valence-corrected chi connectivity index (χ3v) is 7.98. The summed E-state index contributed by atoms with van der Waals surface area (Å²) in [6.45, 7) is 0. The number of rotatable bonds is 7. The van der Waals surface area contributed by atoms with Crippen LogP contribution < -0.4 is 0 Å². The van der Waals surface area contributed by atoms with Crippen LogP contribution in [0.3, 0.4) is 0 Å². The van der Waals surface area contributed by atoms with Crippen molar-refractivity contribution in [3.05, 3.63) is 164 Å². The van der Waals surface area contributed by atoms with Gasteiger partial charge in [0.1, 0.15) is 0 Å². The predicted octanol–water partition coefficient (Wildman–Crippen LogP) is 9.12. The Morgan fingerprint density at radius 1 is 0.229 bits per heavy atom. The van der Waals surface area contributed by atoms with Gasteiger partial charge in [-0.05, 0) is 52.6 Å². The van der Waals surface area contributed by atoms with E-state index >= 15 is 0 Å². The van der Waals surface area contributed by atoms with Crippen LogP contribution in [0.5, 0.6) is 0 Å². The maximum atomic E-state index is 5.02. The van der Waals surface area contributed by atoms with E-state index in [0.717, 1.165) is 50.1 Å². The number of benzene rings is 5. The molecule has 0 amide bonds. The summed E-state index contributed by atoms with van der Waals surface area (Å²) >= 11 is 0. The fourth-order valence-corrected chi connectivity index (χ4v) is 5.55. The standard InChI is InChI=1S/C41H27N7/c1-3-9-30(10-4-1)39-46-40(31-11-5-2-6-12-31)48-41(47-39)36-26-34(28-13-17-32(18-14-28)37-42-21-7-22-43-37)25-35(27-36)29-15-19-33(20-16-29)38-44-23-8-24-45-38/h1-27H. The molecule has 0 N–H and O–H groups in total. The Hall–Kier alpha value is -6.73. The highest BCUT2D eigenvalue weighted by Crippen LogP contribution is 2.34. The van der Waals surface area contributed by atoms with E-state index in [4.69, 9.17) is 15.0 Å². The molecular formula is C41H27N7. The first kappa shape index (κ1) is 28.7. The molecule has 0 bridgehead atoms. The quantitative estimate of drug-likeness (QED) is 0.176. The van der Waals surface area contributed by atoms with E-state index in [1.54, 1.807) is 24.8 Å². The number of hydrogen-bond donors (Lipinski definition) is 0. The second kappa shape index (κ2) is 12.9. The van der Waals surface area contributed by atoms with E-state index in [1.165, 1.54) is 0 Å². The van der Waals surface area contributed by atoms with Crippen LogP contribution in [0.4, 0.5) is 0 Å². The van der Waals surface area contributed by atoms with Gasteiger partial charge < -0.3 is 0 Å². The lowest BCUT2D eigenvalue weighted by atomic mass is 9.94. The lowest BCUT2D eigenvalue weighted by molar-refractivity contribution is 1.07. The van der Waals surface area contributed by atoms with E-state index in [2.05, 4.69) is 86.7 Å². The van der Waals surface area contributed by atoms with Crippen molar-refractivity contribution in [2.45, 2.75) is 0 Å². The smallest absolute Gasteiger partial charge is 0.164 e. The highest BCUT2D eigenvalue weighted by molar-refractivity contribution is 5.81. The van der Waals surface area contributed by atoms with Gasteiger partial charge in [-0.25, -0.2) is 34.9 Å². The lowest BCUT2D eigenvalue weighted by Gasteiger charge is -2.13. The second-order valence-corrected chi connectivity index (χ2v) is 11.1. The van der Waals surface area contributed by atoms with Crippen molar-refractivity contribution < 1.29 is 0 Å².